The van der Waals surface area contributed by atoms with E-state index in [0.29, 0.717) is 18.5 Å². The quantitative estimate of drug-likeness (QED) is 0.746. The van der Waals surface area contributed by atoms with Crippen LogP contribution in [0.1, 0.15) is 43.5 Å². The van der Waals surface area contributed by atoms with E-state index in [1.165, 1.54) is 43.6 Å². The Bertz CT molecular complexity index is 516. The first-order chi connectivity index (χ1) is 12.3. The number of amides is 2. The SMILES string of the molecule is CCCN1CCC(CNC(=O)NCC(c2cccs2)N2CCCC2)C1. The minimum absolute atomic E-state index is 0.0188. The van der Waals surface area contributed by atoms with Gasteiger partial charge >= 0.3 is 6.03 Å². The molecule has 5 nitrogen and oxygen atoms in total. The summed E-state index contributed by atoms with van der Waals surface area (Å²) in [4.78, 5) is 18.6. The Labute approximate surface area is 155 Å². The first-order valence-electron chi connectivity index (χ1n) is 9.77. The van der Waals surface area contributed by atoms with Crippen molar-refractivity contribution in [2.45, 2.75) is 38.6 Å². The van der Waals surface area contributed by atoms with Crippen LogP contribution in [0.5, 0.6) is 0 Å². The summed E-state index contributed by atoms with van der Waals surface area (Å²) in [7, 11) is 0. The van der Waals surface area contributed by atoms with Crippen LogP contribution in [0.4, 0.5) is 4.79 Å². The number of hydrogen-bond acceptors (Lipinski definition) is 4. The number of hydrogen-bond donors (Lipinski definition) is 2. The molecule has 140 valence electrons. The van der Waals surface area contributed by atoms with Crippen molar-refractivity contribution < 1.29 is 4.79 Å². The predicted octanol–water partition coefficient (Wildman–Crippen LogP) is 2.92. The van der Waals surface area contributed by atoms with E-state index in [0.717, 1.165) is 26.2 Å². The topological polar surface area (TPSA) is 47.6 Å². The van der Waals surface area contributed by atoms with E-state index in [9.17, 15) is 4.79 Å². The fourth-order valence-corrected chi connectivity index (χ4v) is 4.89. The van der Waals surface area contributed by atoms with Crippen LogP contribution >= 0.6 is 11.3 Å². The molecule has 2 atom stereocenters. The summed E-state index contributed by atoms with van der Waals surface area (Å²) in [5.74, 6) is 0.601. The van der Waals surface area contributed by atoms with E-state index in [1.807, 2.05) is 0 Å². The second-order valence-corrected chi connectivity index (χ2v) is 8.30. The molecule has 2 amide bonds. The molecule has 1 aromatic rings. The fraction of sp³-hybridized carbons (Fsp3) is 0.737. The molecule has 2 aliphatic heterocycles. The largest absolute Gasteiger partial charge is 0.338 e. The number of carbonyl (C=O) groups is 1. The molecule has 0 aromatic carbocycles. The van der Waals surface area contributed by atoms with Crippen LogP contribution in [0.25, 0.3) is 0 Å². The maximum Gasteiger partial charge on any atom is 0.314 e. The van der Waals surface area contributed by atoms with E-state index in [-0.39, 0.29) is 6.03 Å². The molecule has 0 aliphatic carbocycles. The van der Waals surface area contributed by atoms with Crippen molar-refractivity contribution in [1.82, 2.24) is 20.4 Å². The predicted molar refractivity (Wildman–Crippen MR) is 104 cm³/mol. The van der Waals surface area contributed by atoms with Crippen LogP contribution in [0, 0.1) is 5.92 Å². The van der Waals surface area contributed by atoms with Crippen LogP contribution in [0.15, 0.2) is 17.5 Å². The van der Waals surface area contributed by atoms with Crippen LogP contribution in [0.2, 0.25) is 0 Å². The molecule has 2 fully saturated rings. The van der Waals surface area contributed by atoms with Crippen LogP contribution in [-0.4, -0.2) is 61.6 Å². The molecule has 0 radical (unpaired) electrons. The number of carbonyl (C=O) groups excluding carboxylic acids is 1. The van der Waals surface area contributed by atoms with Gasteiger partial charge in [-0.2, -0.15) is 0 Å². The standard InChI is InChI=1S/C19H32N4OS/c1-2-8-22-11-7-16(15-22)13-20-19(24)21-14-17(18-6-5-12-25-18)23-9-3-4-10-23/h5-6,12,16-17H,2-4,7-11,13-15H2,1H3,(H2,20,21,24). The lowest BCUT2D eigenvalue weighted by Gasteiger charge is -2.27. The average molecular weight is 365 g/mol. The highest BCUT2D eigenvalue weighted by Gasteiger charge is 2.25. The zero-order valence-corrected chi connectivity index (χ0v) is 16.2. The molecule has 2 aliphatic rings. The summed E-state index contributed by atoms with van der Waals surface area (Å²) < 4.78 is 0. The maximum atomic E-state index is 12.2. The Hall–Kier alpha value is -1.11. The van der Waals surface area contributed by atoms with Gasteiger partial charge in [0.2, 0.25) is 0 Å². The van der Waals surface area contributed by atoms with Crippen molar-refractivity contribution in [3.8, 4) is 0 Å². The van der Waals surface area contributed by atoms with Gasteiger partial charge in [0.05, 0.1) is 6.04 Å². The van der Waals surface area contributed by atoms with E-state index in [4.69, 9.17) is 0 Å². The molecule has 0 bridgehead atoms. The van der Waals surface area contributed by atoms with E-state index in [2.05, 4.69) is 44.9 Å². The molecule has 25 heavy (non-hydrogen) atoms. The average Bonchev–Trinajstić information content (AvgIpc) is 3.37. The normalized spacial score (nSPS) is 23.0. The Kier molecular flexibility index (Phi) is 7.13. The Morgan fingerprint density at radius 1 is 1.32 bits per heavy atom. The molecule has 6 heteroatoms. The Morgan fingerprint density at radius 3 is 2.88 bits per heavy atom. The molecular formula is C19H32N4OS. The first kappa shape index (κ1) is 18.7. The third-order valence-electron chi connectivity index (χ3n) is 5.37. The number of rotatable bonds is 8. The van der Waals surface area contributed by atoms with E-state index < -0.39 is 0 Å². The van der Waals surface area contributed by atoms with Crippen molar-refractivity contribution in [2.75, 3.05) is 45.8 Å². The lowest BCUT2D eigenvalue weighted by atomic mass is 10.1. The van der Waals surface area contributed by atoms with Crippen LogP contribution < -0.4 is 10.6 Å². The second kappa shape index (κ2) is 9.55. The smallest absolute Gasteiger partial charge is 0.314 e. The molecule has 1 aromatic heterocycles. The van der Waals surface area contributed by atoms with Crippen molar-refractivity contribution in [2.24, 2.45) is 5.92 Å². The van der Waals surface area contributed by atoms with Gasteiger partial charge in [-0.15, -0.1) is 11.3 Å². The van der Waals surface area contributed by atoms with Gasteiger partial charge in [-0.05, 0) is 69.2 Å². The van der Waals surface area contributed by atoms with Crippen molar-refractivity contribution in [3.05, 3.63) is 22.4 Å². The van der Waals surface area contributed by atoms with E-state index >= 15 is 0 Å². The first-order valence-corrected chi connectivity index (χ1v) is 10.7. The number of likely N-dealkylation sites (tertiary alicyclic amines) is 2. The third-order valence-corrected chi connectivity index (χ3v) is 6.34. The number of nitrogens with zero attached hydrogens (tertiary/aromatic N) is 2. The van der Waals surface area contributed by atoms with Gasteiger partial charge in [0.1, 0.15) is 0 Å². The van der Waals surface area contributed by atoms with Gasteiger partial charge in [-0.3, -0.25) is 4.90 Å². The zero-order chi connectivity index (χ0) is 17.5. The van der Waals surface area contributed by atoms with Crippen molar-refractivity contribution in [3.63, 3.8) is 0 Å². The molecule has 2 N–H and O–H groups in total. The fourth-order valence-electron chi connectivity index (χ4n) is 4.03. The highest BCUT2D eigenvalue weighted by atomic mass is 32.1. The van der Waals surface area contributed by atoms with Crippen molar-refractivity contribution in [1.29, 1.82) is 0 Å². The zero-order valence-electron chi connectivity index (χ0n) is 15.4. The van der Waals surface area contributed by atoms with E-state index in [1.54, 1.807) is 11.3 Å². The van der Waals surface area contributed by atoms with Gasteiger partial charge in [-0.25, -0.2) is 4.79 Å². The summed E-state index contributed by atoms with van der Waals surface area (Å²) in [6.45, 7) is 9.47. The monoisotopic (exact) mass is 364 g/mol. The van der Waals surface area contributed by atoms with Gasteiger partial charge in [0.15, 0.2) is 0 Å². The maximum absolute atomic E-state index is 12.2. The molecule has 0 spiro atoms. The van der Waals surface area contributed by atoms with Gasteiger partial charge in [0.25, 0.3) is 0 Å². The summed E-state index contributed by atoms with van der Waals surface area (Å²) >= 11 is 1.79. The molecule has 2 saturated heterocycles. The van der Waals surface area contributed by atoms with Crippen LogP contribution in [-0.2, 0) is 0 Å². The Balaban J connectivity index is 1.41. The van der Waals surface area contributed by atoms with Gasteiger partial charge in [0, 0.05) is 24.5 Å². The summed E-state index contributed by atoms with van der Waals surface area (Å²) in [5, 5.41) is 8.32. The summed E-state index contributed by atoms with van der Waals surface area (Å²) in [6, 6.07) is 4.59. The lowest BCUT2D eigenvalue weighted by molar-refractivity contribution is 0.221. The minimum atomic E-state index is -0.0188. The Morgan fingerprint density at radius 2 is 2.16 bits per heavy atom. The molecule has 2 unspecified atom stereocenters. The molecular weight excluding hydrogens is 332 g/mol. The van der Waals surface area contributed by atoms with Gasteiger partial charge in [-0.1, -0.05) is 13.0 Å². The van der Waals surface area contributed by atoms with Gasteiger partial charge < -0.3 is 15.5 Å². The number of urea groups is 1. The highest BCUT2D eigenvalue weighted by Crippen LogP contribution is 2.27. The molecule has 3 heterocycles. The highest BCUT2D eigenvalue weighted by molar-refractivity contribution is 7.10. The molecule has 3 rings (SSSR count). The number of thiophene rings is 1. The lowest BCUT2D eigenvalue weighted by Crippen LogP contribution is -2.43. The summed E-state index contributed by atoms with van der Waals surface area (Å²) in [5.41, 5.74) is 0. The number of nitrogens with one attached hydrogen (secondary N) is 2. The minimum Gasteiger partial charge on any atom is -0.338 e. The van der Waals surface area contributed by atoms with Crippen LogP contribution in [0.3, 0.4) is 0 Å². The van der Waals surface area contributed by atoms with Crippen molar-refractivity contribution >= 4 is 17.4 Å². The summed E-state index contributed by atoms with van der Waals surface area (Å²) in [6.07, 6.45) is 4.95. The second-order valence-electron chi connectivity index (χ2n) is 7.32. The third kappa shape index (κ3) is 5.43. The molecule has 0 saturated carbocycles.